The molecular weight excluding hydrogens is 356 g/mol. The molecule has 2 aromatic heterocycles. The number of benzene rings is 2. The molecule has 0 aliphatic heterocycles. The first-order valence-electron chi connectivity index (χ1n) is 8.74. The predicted molar refractivity (Wildman–Crippen MR) is 105 cm³/mol. The van der Waals surface area contributed by atoms with Crippen molar-refractivity contribution in [2.45, 2.75) is 13.8 Å². The van der Waals surface area contributed by atoms with Crippen molar-refractivity contribution in [2.75, 3.05) is 5.32 Å². The van der Waals surface area contributed by atoms with Crippen LogP contribution in [0.2, 0.25) is 0 Å². The van der Waals surface area contributed by atoms with Crippen LogP contribution < -0.4 is 10.1 Å². The fraction of sp³-hybridized carbons (Fsp3) is 0.0952. The molecule has 0 saturated heterocycles. The average Bonchev–Trinajstić information content (AvgIpc) is 3.25. The minimum Gasteiger partial charge on any atom is -0.410 e. The van der Waals surface area contributed by atoms with E-state index < -0.39 is 6.09 Å². The molecule has 4 rings (SSSR count). The molecule has 4 aromatic rings. The lowest BCUT2D eigenvalue weighted by atomic mass is 10.1. The fourth-order valence-corrected chi connectivity index (χ4v) is 2.93. The van der Waals surface area contributed by atoms with Crippen molar-refractivity contribution in [3.05, 3.63) is 78.2 Å². The summed E-state index contributed by atoms with van der Waals surface area (Å²) >= 11 is 0. The number of anilines is 1. The number of rotatable bonds is 4. The van der Waals surface area contributed by atoms with E-state index in [0.717, 1.165) is 16.9 Å². The van der Waals surface area contributed by atoms with Crippen LogP contribution in [0.4, 0.5) is 10.6 Å². The van der Waals surface area contributed by atoms with Crippen LogP contribution in [-0.2, 0) is 0 Å². The van der Waals surface area contributed by atoms with Crippen molar-refractivity contribution in [2.24, 2.45) is 0 Å². The topological polar surface area (TPSA) is 82.2 Å². The van der Waals surface area contributed by atoms with E-state index in [2.05, 4.69) is 15.6 Å². The number of amides is 1. The molecule has 0 radical (unpaired) electrons. The van der Waals surface area contributed by atoms with Crippen molar-refractivity contribution in [3.8, 4) is 22.7 Å². The Bertz CT molecular complexity index is 1080. The molecule has 1 N–H and O–H groups in total. The Balaban J connectivity index is 1.70. The number of aromatic nitrogens is 3. The molecule has 140 valence electrons. The van der Waals surface area contributed by atoms with Gasteiger partial charge in [0.1, 0.15) is 23.0 Å². The van der Waals surface area contributed by atoms with Crippen LogP contribution in [0.1, 0.15) is 11.5 Å². The molecule has 0 atom stereocenters. The lowest BCUT2D eigenvalue weighted by Crippen LogP contribution is -2.19. The fourth-order valence-electron chi connectivity index (χ4n) is 2.93. The SMILES string of the molecule is Cc1noc(C)c1-c1cc(NC(=O)Oc2ccccc2)n(-c2ccccc2)n1. The van der Waals surface area contributed by atoms with Gasteiger partial charge in [0, 0.05) is 6.07 Å². The van der Waals surface area contributed by atoms with Crippen molar-refractivity contribution >= 4 is 11.9 Å². The standard InChI is InChI=1S/C21H18N4O3/c1-14-20(15(2)28-24-14)18-13-19(25(23-18)16-9-5-3-6-10-16)22-21(26)27-17-11-7-4-8-12-17/h3-13H,1-2H3,(H,22,26). The minimum absolute atomic E-state index is 0.455. The first-order valence-corrected chi connectivity index (χ1v) is 8.74. The van der Waals surface area contributed by atoms with Gasteiger partial charge >= 0.3 is 6.09 Å². The summed E-state index contributed by atoms with van der Waals surface area (Å²) < 4.78 is 12.2. The first-order chi connectivity index (χ1) is 13.6. The van der Waals surface area contributed by atoms with E-state index in [-0.39, 0.29) is 0 Å². The molecular formula is C21H18N4O3. The summed E-state index contributed by atoms with van der Waals surface area (Å²) in [5, 5.41) is 11.4. The van der Waals surface area contributed by atoms with Gasteiger partial charge in [0.15, 0.2) is 0 Å². The molecule has 2 aromatic carbocycles. The largest absolute Gasteiger partial charge is 0.418 e. The summed E-state index contributed by atoms with van der Waals surface area (Å²) in [6, 6.07) is 20.2. The van der Waals surface area contributed by atoms with Gasteiger partial charge in [-0.1, -0.05) is 41.6 Å². The van der Waals surface area contributed by atoms with Gasteiger partial charge in [-0.05, 0) is 38.1 Å². The van der Waals surface area contributed by atoms with E-state index in [1.54, 1.807) is 35.0 Å². The second kappa shape index (κ2) is 7.40. The summed E-state index contributed by atoms with van der Waals surface area (Å²) in [6.07, 6.45) is -0.603. The molecule has 0 unspecified atom stereocenters. The zero-order valence-electron chi connectivity index (χ0n) is 15.4. The van der Waals surface area contributed by atoms with Gasteiger partial charge in [-0.2, -0.15) is 5.10 Å². The maximum Gasteiger partial charge on any atom is 0.418 e. The number of hydrogen-bond donors (Lipinski definition) is 1. The van der Waals surface area contributed by atoms with E-state index in [1.807, 2.05) is 50.2 Å². The van der Waals surface area contributed by atoms with Crippen LogP contribution in [0.25, 0.3) is 16.9 Å². The van der Waals surface area contributed by atoms with E-state index >= 15 is 0 Å². The monoisotopic (exact) mass is 374 g/mol. The highest BCUT2D eigenvalue weighted by Gasteiger charge is 2.19. The summed E-state index contributed by atoms with van der Waals surface area (Å²) in [6.45, 7) is 3.68. The van der Waals surface area contributed by atoms with Gasteiger partial charge in [-0.3, -0.25) is 5.32 Å². The normalized spacial score (nSPS) is 10.6. The Labute approximate surface area is 161 Å². The Kier molecular flexibility index (Phi) is 4.63. The first kappa shape index (κ1) is 17.5. The molecule has 7 nitrogen and oxygen atoms in total. The van der Waals surface area contributed by atoms with E-state index in [4.69, 9.17) is 9.26 Å². The molecule has 0 spiro atoms. The number of para-hydroxylation sites is 2. The van der Waals surface area contributed by atoms with Crippen LogP contribution in [0.5, 0.6) is 5.75 Å². The third kappa shape index (κ3) is 3.50. The Morgan fingerprint density at radius 2 is 1.71 bits per heavy atom. The molecule has 2 heterocycles. The number of carbonyl (C=O) groups excluding carboxylic acids is 1. The van der Waals surface area contributed by atoms with Crippen molar-refractivity contribution in [3.63, 3.8) is 0 Å². The van der Waals surface area contributed by atoms with Crippen LogP contribution in [-0.4, -0.2) is 21.0 Å². The highest BCUT2D eigenvalue weighted by atomic mass is 16.6. The lowest BCUT2D eigenvalue weighted by molar-refractivity contribution is 0.215. The molecule has 7 heteroatoms. The predicted octanol–water partition coefficient (Wildman–Crippen LogP) is 4.76. The zero-order chi connectivity index (χ0) is 19.5. The van der Waals surface area contributed by atoms with Crippen molar-refractivity contribution in [1.29, 1.82) is 0 Å². The van der Waals surface area contributed by atoms with E-state index in [1.165, 1.54) is 0 Å². The molecule has 0 aliphatic rings. The quantitative estimate of drug-likeness (QED) is 0.557. The second-order valence-electron chi connectivity index (χ2n) is 6.19. The van der Waals surface area contributed by atoms with Gasteiger partial charge in [0.25, 0.3) is 0 Å². The lowest BCUT2D eigenvalue weighted by Gasteiger charge is -2.09. The van der Waals surface area contributed by atoms with E-state index in [9.17, 15) is 4.79 Å². The molecule has 0 bridgehead atoms. The number of nitrogens with zero attached hydrogens (tertiary/aromatic N) is 3. The Morgan fingerprint density at radius 1 is 1.04 bits per heavy atom. The zero-order valence-corrected chi connectivity index (χ0v) is 15.4. The Hall–Kier alpha value is -3.87. The molecule has 0 saturated carbocycles. The summed E-state index contributed by atoms with van der Waals surface area (Å²) in [5.41, 5.74) is 2.98. The second-order valence-corrected chi connectivity index (χ2v) is 6.19. The van der Waals surface area contributed by atoms with E-state index in [0.29, 0.717) is 23.0 Å². The molecule has 0 aliphatic carbocycles. The van der Waals surface area contributed by atoms with Crippen LogP contribution in [0, 0.1) is 13.8 Å². The van der Waals surface area contributed by atoms with Crippen LogP contribution in [0.3, 0.4) is 0 Å². The van der Waals surface area contributed by atoms with Gasteiger partial charge in [-0.15, -0.1) is 0 Å². The minimum atomic E-state index is -0.603. The smallest absolute Gasteiger partial charge is 0.410 e. The van der Waals surface area contributed by atoms with Crippen molar-refractivity contribution < 1.29 is 14.1 Å². The highest BCUT2D eigenvalue weighted by molar-refractivity contribution is 5.86. The maximum atomic E-state index is 12.4. The number of ether oxygens (including phenoxy) is 1. The van der Waals surface area contributed by atoms with Crippen LogP contribution >= 0.6 is 0 Å². The maximum absolute atomic E-state index is 12.4. The number of hydrogen-bond acceptors (Lipinski definition) is 5. The van der Waals surface area contributed by atoms with Gasteiger partial charge in [-0.25, -0.2) is 9.48 Å². The summed E-state index contributed by atoms with van der Waals surface area (Å²) in [4.78, 5) is 12.4. The average molecular weight is 374 g/mol. The van der Waals surface area contributed by atoms with Gasteiger partial charge in [0.05, 0.1) is 16.9 Å². The highest BCUT2D eigenvalue weighted by Crippen LogP contribution is 2.29. The summed E-state index contributed by atoms with van der Waals surface area (Å²) in [7, 11) is 0. The number of aryl methyl sites for hydroxylation is 2. The molecule has 1 amide bonds. The summed E-state index contributed by atoms with van der Waals surface area (Å²) in [5.74, 6) is 1.59. The number of nitrogens with one attached hydrogen (secondary N) is 1. The third-order valence-electron chi connectivity index (χ3n) is 4.18. The third-order valence-corrected chi connectivity index (χ3v) is 4.18. The molecule has 28 heavy (non-hydrogen) atoms. The number of carbonyl (C=O) groups is 1. The Morgan fingerprint density at radius 3 is 2.36 bits per heavy atom. The van der Waals surface area contributed by atoms with Crippen LogP contribution in [0.15, 0.2) is 71.3 Å². The van der Waals surface area contributed by atoms with Crippen molar-refractivity contribution in [1.82, 2.24) is 14.9 Å². The van der Waals surface area contributed by atoms with Gasteiger partial charge < -0.3 is 9.26 Å². The van der Waals surface area contributed by atoms with Gasteiger partial charge in [0.2, 0.25) is 0 Å². The molecule has 0 fully saturated rings.